The Bertz CT molecular complexity index is 366. The molecule has 0 bridgehead atoms. The van der Waals surface area contributed by atoms with Gasteiger partial charge in [-0.05, 0) is 46.2 Å². The first kappa shape index (κ1) is 12.6. The molecule has 0 radical (unpaired) electrons. The van der Waals surface area contributed by atoms with E-state index in [2.05, 4.69) is 29.6 Å². The van der Waals surface area contributed by atoms with E-state index in [9.17, 15) is 0 Å². The van der Waals surface area contributed by atoms with Gasteiger partial charge in [0.05, 0.1) is 5.69 Å². The van der Waals surface area contributed by atoms with Crippen LogP contribution in [0.2, 0.25) is 0 Å². The summed E-state index contributed by atoms with van der Waals surface area (Å²) < 4.78 is 1.96. The van der Waals surface area contributed by atoms with Crippen LogP contribution in [0.3, 0.4) is 0 Å². The van der Waals surface area contributed by atoms with Crippen molar-refractivity contribution in [2.24, 2.45) is 7.05 Å². The van der Waals surface area contributed by atoms with Crippen LogP contribution in [0, 0.1) is 13.8 Å². The van der Waals surface area contributed by atoms with Gasteiger partial charge in [0, 0.05) is 30.9 Å². The molecule has 0 unspecified atom stereocenters. The van der Waals surface area contributed by atoms with E-state index in [4.69, 9.17) is 0 Å². The average Bonchev–Trinajstić information content (AvgIpc) is 3.07. The van der Waals surface area contributed by atoms with Crippen molar-refractivity contribution in [2.75, 3.05) is 13.1 Å². The van der Waals surface area contributed by atoms with Crippen molar-refractivity contribution in [1.29, 1.82) is 0 Å². The highest BCUT2D eigenvalue weighted by molar-refractivity contribution is 5.23. The van der Waals surface area contributed by atoms with Gasteiger partial charge in [-0.2, -0.15) is 5.10 Å². The Morgan fingerprint density at radius 2 is 2.06 bits per heavy atom. The SMILES string of the molecule is Cc1nn(C)c(C)c1CNCCCNC1CC1. The summed E-state index contributed by atoms with van der Waals surface area (Å²) in [5.74, 6) is 0. The van der Waals surface area contributed by atoms with E-state index < -0.39 is 0 Å². The third-order valence-electron chi connectivity index (χ3n) is 3.50. The topological polar surface area (TPSA) is 41.9 Å². The van der Waals surface area contributed by atoms with E-state index in [1.54, 1.807) is 0 Å². The van der Waals surface area contributed by atoms with Gasteiger partial charge in [0.2, 0.25) is 0 Å². The third kappa shape index (κ3) is 3.54. The molecule has 1 aliphatic carbocycles. The number of hydrogen-bond acceptors (Lipinski definition) is 3. The predicted molar refractivity (Wildman–Crippen MR) is 70.0 cm³/mol. The van der Waals surface area contributed by atoms with Gasteiger partial charge in [0.15, 0.2) is 0 Å². The van der Waals surface area contributed by atoms with E-state index in [1.807, 2.05) is 11.7 Å². The van der Waals surface area contributed by atoms with Crippen LogP contribution in [0.1, 0.15) is 36.2 Å². The quantitative estimate of drug-likeness (QED) is 0.701. The lowest BCUT2D eigenvalue weighted by Gasteiger charge is -2.06. The van der Waals surface area contributed by atoms with Gasteiger partial charge in [0.1, 0.15) is 0 Å². The predicted octanol–water partition coefficient (Wildman–Crippen LogP) is 1.27. The lowest BCUT2D eigenvalue weighted by molar-refractivity contribution is 0.591. The van der Waals surface area contributed by atoms with Gasteiger partial charge >= 0.3 is 0 Å². The number of aromatic nitrogens is 2. The highest BCUT2D eigenvalue weighted by Crippen LogP contribution is 2.18. The molecule has 1 aromatic heterocycles. The summed E-state index contributed by atoms with van der Waals surface area (Å²) in [7, 11) is 2.01. The molecule has 2 N–H and O–H groups in total. The molecule has 4 nitrogen and oxygen atoms in total. The normalized spacial score (nSPS) is 15.5. The van der Waals surface area contributed by atoms with Crippen LogP contribution in [0.4, 0.5) is 0 Å². The molecule has 4 heteroatoms. The third-order valence-corrected chi connectivity index (χ3v) is 3.50. The Kier molecular flexibility index (Phi) is 4.18. The second-order valence-electron chi connectivity index (χ2n) is 5.03. The van der Waals surface area contributed by atoms with Crippen molar-refractivity contribution in [3.8, 4) is 0 Å². The van der Waals surface area contributed by atoms with Crippen LogP contribution < -0.4 is 10.6 Å². The van der Waals surface area contributed by atoms with Gasteiger partial charge < -0.3 is 10.6 Å². The molecular weight excluding hydrogens is 212 g/mol. The molecule has 1 aliphatic rings. The molecule has 1 heterocycles. The summed E-state index contributed by atoms with van der Waals surface area (Å²) in [6, 6.07) is 0.831. The Hall–Kier alpha value is -0.870. The van der Waals surface area contributed by atoms with E-state index in [-0.39, 0.29) is 0 Å². The first-order valence-electron chi connectivity index (χ1n) is 6.61. The van der Waals surface area contributed by atoms with E-state index in [1.165, 1.54) is 30.5 Å². The molecular formula is C13H24N4. The summed E-state index contributed by atoms with van der Waals surface area (Å²) in [5, 5.41) is 11.4. The maximum atomic E-state index is 4.42. The maximum absolute atomic E-state index is 4.42. The van der Waals surface area contributed by atoms with Crippen LogP contribution in [-0.2, 0) is 13.6 Å². The van der Waals surface area contributed by atoms with Crippen LogP contribution in [0.5, 0.6) is 0 Å². The van der Waals surface area contributed by atoms with Crippen molar-refractivity contribution >= 4 is 0 Å². The van der Waals surface area contributed by atoms with Crippen molar-refractivity contribution in [1.82, 2.24) is 20.4 Å². The summed E-state index contributed by atoms with van der Waals surface area (Å²) in [6.45, 7) is 7.37. The molecule has 96 valence electrons. The minimum absolute atomic E-state index is 0.831. The minimum Gasteiger partial charge on any atom is -0.314 e. The Balaban J connectivity index is 1.63. The lowest BCUT2D eigenvalue weighted by atomic mass is 10.2. The van der Waals surface area contributed by atoms with E-state index in [0.29, 0.717) is 0 Å². The Labute approximate surface area is 104 Å². The van der Waals surface area contributed by atoms with Gasteiger partial charge in [0.25, 0.3) is 0 Å². The van der Waals surface area contributed by atoms with Crippen LogP contribution in [-0.4, -0.2) is 28.9 Å². The minimum atomic E-state index is 0.831. The number of aryl methyl sites for hydroxylation is 2. The van der Waals surface area contributed by atoms with Gasteiger partial charge in [-0.25, -0.2) is 0 Å². The largest absolute Gasteiger partial charge is 0.314 e. The summed E-state index contributed by atoms with van der Waals surface area (Å²) in [5.41, 5.74) is 3.77. The van der Waals surface area contributed by atoms with Crippen LogP contribution >= 0.6 is 0 Å². The molecule has 2 rings (SSSR count). The standard InChI is InChI=1S/C13H24N4/c1-10-13(11(2)17(3)16-10)9-14-7-4-8-15-12-5-6-12/h12,14-15H,4-9H2,1-3H3. The first-order valence-corrected chi connectivity index (χ1v) is 6.61. The second-order valence-corrected chi connectivity index (χ2v) is 5.03. The molecule has 0 atom stereocenters. The zero-order valence-corrected chi connectivity index (χ0v) is 11.2. The second kappa shape index (κ2) is 5.65. The molecule has 1 saturated carbocycles. The molecule has 0 saturated heterocycles. The van der Waals surface area contributed by atoms with Crippen LogP contribution in [0.15, 0.2) is 0 Å². The average molecular weight is 236 g/mol. The fraction of sp³-hybridized carbons (Fsp3) is 0.769. The number of hydrogen-bond donors (Lipinski definition) is 2. The molecule has 0 amide bonds. The molecule has 0 spiro atoms. The smallest absolute Gasteiger partial charge is 0.0641 e. The molecule has 0 aliphatic heterocycles. The zero-order valence-electron chi connectivity index (χ0n) is 11.2. The van der Waals surface area contributed by atoms with Crippen molar-refractivity contribution in [3.05, 3.63) is 17.0 Å². The van der Waals surface area contributed by atoms with Gasteiger partial charge in [-0.3, -0.25) is 4.68 Å². The summed E-state index contributed by atoms with van der Waals surface area (Å²) >= 11 is 0. The fourth-order valence-corrected chi connectivity index (χ4v) is 2.09. The summed E-state index contributed by atoms with van der Waals surface area (Å²) in [6.07, 6.45) is 3.96. The molecule has 1 aromatic rings. The molecule has 0 aromatic carbocycles. The van der Waals surface area contributed by atoms with Crippen molar-refractivity contribution in [3.63, 3.8) is 0 Å². The van der Waals surface area contributed by atoms with Crippen molar-refractivity contribution < 1.29 is 0 Å². The zero-order chi connectivity index (χ0) is 12.3. The molecule has 1 fully saturated rings. The highest BCUT2D eigenvalue weighted by Gasteiger charge is 2.19. The number of rotatable bonds is 7. The monoisotopic (exact) mass is 236 g/mol. The van der Waals surface area contributed by atoms with Gasteiger partial charge in [-0.15, -0.1) is 0 Å². The lowest BCUT2D eigenvalue weighted by Crippen LogP contribution is -2.23. The fourth-order valence-electron chi connectivity index (χ4n) is 2.09. The highest BCUT2D eigenvalue weighted by atomic mass is 15.3. The summed E-state index contributed by atoms with van der Waals surface area (Å²) in [4.78, 5) is 0. The van der Waals surface area contributed by atoms with Crippen molar-refractivity contribution in [2.45, 2.75) is 45.7 Å². The molecule has 17 heavy (non-hydrogen) atoms. The van der Waals surface area contributed by atoms with E-state index >= 15 is 0 Å². The van der Waals surface area contributed by atoms with E-state index in [0.717, 1.165) is 31.4 Å². The maximum Gasteiger partial charge on any atom is 0.0641 e. The van der Waals surface area contributed by atoms with Crippen LogP contribution in [0.25, 0.3) is 0 Å². The first-order chi connectivity index (χ1) is 8.18. The number of nitrogens with one attached hydrogen (secondary N) is 2. The Morgan fingerprint density at radius 1 is 1.29 bits per heavy atom. The van der Waals surface area contributed by atoms with Gasteiger partial charge in [-0.1, -0.05) is 0 Å². The number of nitrogens with zero attached hydrogens (tertiary/aromatic N) is 2. The Morgan fingerprint density at radius 3 is 2.65 bits per heavy atom.